The highest BCUT2D eigenvalue weighted by Crippen LogP contribution is 2.11. The second kappa shape index (κ2) is 5.60. The van der Waals surface area contributed by atoms with Gasteiger partial charge in [-0.15, -0.1) is 0 Å². The van der Waals surface area contributed by atoms with Gasteiger partial charge in [-0.3, -0.25) is 4.98 Å². The van der Waals surface area contributed by atoms with E-state index in [1.54, 1.807) is 0 Å². The molecule has 0 aliphatic rings. The third-order valence-electron chi connectivity index (χ3n) is 2.27. The highest BCUT2D eigenvalue weighted by Gasteiger charge is 2.02. The van der Waals surface area contributed by atoms with Crippen LogP contribution in [-0.4, -0.2) is 31.7 Å². The van der Waals surface area contributed by atoms with Crippen molar-refractivity contribution < 1.29 is 0 Å². The van der Waals surface area contributed by atoms with Gasteiger partial charge in [-0.1, -0.05) is 0 Å². The first-order valence-electron chi connectivity index (χ1n) is 5.10. The van der Waals surface area contributed by atoms with Crippen LogP contribution in [0.25, 0.3) is 0 Å². The summed E-state index contributed by atoms with van der Waals surface area (Å²) in [5.41, 5.74) is 2.27. The molecule has 14 heavy (non-hydrogen) atoms. The van der Waals surface area contributed by atoms with Crippen molar-refractivity contribution in [3.63, 3.8) is 0 Å². The first-order chi connectivity index (χ1) is 6.77. The van der Waals surface area contributed by atoms with E-state index in [0.717, 1.165) is 25.3 Å². The number of aryl methyl sites for hydroxylation is 1. The van der Waals surface area contributed by atoms with Crippen molar-refractivity contribution in [2.75, 3.05) is 31.6 Å². The summed E-state index contributed by atoms with van der Waals surface area (Å²) < 4.78 is 0. The largest absolute Gasteiger partial charge is 0.369 e. The van der Waals surface area contributed by atoms with Crippen LogP contribution in [0.15, 0.2) is 18.3 Å². The van der Waals surface area contributed by atoms with Gasteiger partial charge in [0.25, 0.3) is 0 Å². The van der Waals surface area contributed by atoms with Crippen LogP contribution in [0.3, 0.4) is 0 Å². The molecular formula is C11H19N3. The lowest BCUT2D eigenvalue weighted by Gasteiger charge is -2.22. The Morgan fingerprint density at radius 3 is 2.71 bits per heavy atom. The molecule has 0 fully saturated rings. The summed E-state index contributed by atoms with van der Waals surface area (Å²) in [6.45, 7) is 7.22. The van der Waals surface area contributed by atoms with Crippen molar-refractivity contribution in [1.29, 1.82) is 0 Å². The minimum absolute atomic E-state index is 1.00. The SMILES string of the molecule is CCN(CCNC)c1ccc(C)nc1. The molecule has 0 saturated carbocycles. The molecule has 1 aromatic rings. The van der Waals surface area contributed by atoms with Crippen LogP contribution in [0, 0.1) is 6.92 Å². The van der Waals surface area contributed by atoms with Gasteiger partial charge >= 0.3 is 0 Å². The van der Waals surface area contributed by atoms with Crippen LogP contribution >= 0.6 is 0 Å². The predicted molar refractivity (Wildman–Crippen MR) is 60.8 cm³/mol. The molecule has 0 unspecified atom stereocenters. The van der Waals surface area contributed by atoms with Crippen LogP contribution in [0.4, 0.5) is 5.69 Å². The summed E-state index contributed by atoms with van der Waals surface area (Å²) in [4.78, 5) is 6.60. The van der Waals surface area contributed by atoms with Gasteiger partial charge in [0, 0.05) is 25.3 Å². The zero-order chi connectivity index (χ0) is 10.4. The average Bonchev–Trinajstić information content (AvgIpc) is 2.21. The number of likely N-dealkylation sites (N-methyl/N-ethyl adjacent to an activating group) is 2. The van der Waals surface area contributed by atoms with Crippen molar-refractivity contribution in [1.82, 2.24) is 10.3 Å². The minimum Gasteiger partial charge on any atom is -0.369 e. The Kier molecular flexibility index (Phi) is 4.40. The molecule has 1 N–H and O–H groups in total. The summed E-state index contributed by atoms with van der Waals surface area (Å²) in [5.74, 6) is 0. The smallest absolute Gasteiger partial charge is 0.0553 e. The molecule has 1 aromatic heterocycles. The molecule has 0 radical (unpaired) electrons. The number of nitrogens with one attached hydrogen (secondary N) is 1. The molecule has 0 aliphatic heterocycles. The summed E-state index contributed by atoms with van der Waals surface area (Å²) in [6, 6.07) is 4.18. The Morgan fingerprint density at radius 2 is 2.21 bits per heavy atom. The molecule has 3 nitrogen and oxygen atoms in total. The lowest BCUT2D eigenvalue weighted by molar-refractivity contribution is 0.735. The third kappa shape index (κ3) is 3.00. The molecule has 78 valence electrons. The molecule has 0 atom stereocenters. The summed E-state index contributed by atoms with van der Waals surface area (Å²) >= 11 is 0. The van der Waals surface area contributed by atoms with Crippen molar-refractivity contribution in [3.8, 4) is 0 Å². The van der Waals surface area contributed by atoms with Crippen molar-refractivity contribution in [3.05, 3.63) is 24.0 Å². The van der Waals surface area contributed by atoms with Crippen molar-refractivity contribution in [2.24, 2.45) is 0 Å². The van der Waals surface area contributed by atoms with E-state index >= 15 is 0 Å². The Morgan fingerprint density at radius 1 is 1.43 bits per heavy atom. The molecule has 0 spiro atoms. The van der Waals surface area contributed by atoms with E-state index in [2.05, 4.69) is 34.3 Å². The monoisotopic (exact) mass is 193 g/mol. The van der Waals surface area contributed by atoms with Gasteiger partial charge in [0.1, 0.15) is 0 Å². The number of rotatable bonds is 5. The maximum atomic E-state index is 4.29. The van der Waals surface area contributed by atoms with Crippen molar-refractivity contribution >= 4 is 5.69 Å². The highest BCUT2D eigenvalue weighted by molar-refractivity contribution is 5.44. The maximum Gasteiger partial charge on any atom is 0.0553 e. The van der Waals surface area contributed by atoms with Gasteiger partial charge in [-0.25, -0.2) is 0 Å². The van der Waals surface area contributed by atoms with E-state index in [1.807, 2.05) is 20.2 Å². The quantitative estimate of drug-likeness (QED) is 0.767. The maximum absolute atomic E-state index is 4.29. The Labute approximate surface area is 86.2 Å². The first kappa shape index (κ1) is 11.0. The second-order valence-electron chi connectivity index (χ2n) is 3.34. The van der Waals surface area contributed by atoms with Gasteiger partial charge in [0.2, 0.25) is 0 Å². The van der Waals surface area contributed by atoms with E-state index < -0.39 is 0 Å². The molecule has 0 amide bonds. The van der Waals surface area contributed by atoms with E-state index in [9.17, 15) is 0 Å². The van der Waals surface area contributed by atoms with Crippen LogP contribution in [0.2, 0.25) is 0 Å². The van der Waals surface area contributed by atoms with E-state index in [-0.39, 0.29) is 0 Å². The standard InChI is InChI=1S/C11H19N3/c1-4-14(8-7-12-3)11-6-5-10(2)13-9-11/h5-6,9,12H,4,7-8H2,1-3H3. The number of aromatic nitrogens is 1. The number of hydrogen-bond acceptors (Lipinski definition) is 3. The van der Waals surface area contributed by atoms with Crippen LogP contribution in [0.5, 0.6) is 0 Å². The third-order valence-corrected chi connectivity index (χ3v) is 2.27. The molecule has 3 heteroatoms. The summed E-state index contributed by atoms with van der Waals surface area (Å²) in [6.07, 6.45) is 1.94. The van der Waals surface area contributed by atoms with E-state index in [0.29, 0.717) is 0 Å². The molecule has 0 saturated heterocycles. The first-order valence-corrected chi connectivity index (χ1v) is 5.10. The normalized spacial score (nSPS) is 10.2. The number of pyridine rings is 1. The Bertz CT molecular complexity index is 256. The van der Waals surface area contributed by atoms with Crippen LogP contribution in [0.1, 0.15) is 12.6 Å². The fourth-order valence-corrected chi connectivity index (χ4v) is 1.36. The van der Waals surface area contributed by atoms with Gasteiger partial charge in [-0.2, -0.15) is 0 Å². The molecule has 0 aromatic carbocycles. The lowest BCUT2D eigenvalue weighted by Crippen LogP contribution is -2.30. The van der Waals surface area contributed by atoms with Crippen LogP contribution < -0.4 is 10.2 Å². The molecule has 1 rings (SSSR count). The van der Waals surface area contributed by atoms with Gasteiger partial charge in [0.05, 0.1) is 11.9 Å². The van der Waals surface area contributed by atoms with E-state index in [4.69, 9.17) is 0 Å². The second-order valence-corrected chi connectivity index (χ2v) is 3.34. The van der Waals surface area contributed by atoms with Gasteiger partial charge in [-0.05, 0) is 33.0 Å². The molecule has 1 heterocycles. The predicted octanol–water partition coefficient (Wildman–Crippen LogP) is 1.44. The lowest BCUT2D eigenvalue weighted by atomic mass is 10.3. The Balaban J connectivity index is 2.64. The number of anilines is 1. The minimum atomic E-state index is 1.00. The fraction of sp³-hybridized carbons (Fsp3) is 0.545. The van der Waals surface area contributed by atoms with Crippen LogP contribution in [-0.2, 0) is 0 Å². The summed E-state index contributed by atoms with van der Waals surface area (Å²) in [5, 5.41) is 3.15. The number of nitrogens with zero attached hydrogens (tertiary/aromatic N) is 2. The average molecular weight is 193 g/mol. The van der Waals surface area contributed by atoms with Gasteiger partial charge in [0.15, 0.2) is 0 Å². The fourth-order valence-electron chi connectivity index (χ4n) is 1.36. The van der Waals surface area contributed by atoms with E-state index in [1.165, 1.54) is 5.69 Å². The molecule has 0 aliphatic carbocycles. The number of hydrogen-bond donors (Lipinski definition) is 1. The van der Waals surface area contributed by atoms with Crippen molar-refractivity contribution in [2.45, 2.75) is 13.8 Å². The zero-order valence-electron chi connectivity index (χ0n) is 9.25. The highest BCUT2D eigenvalue weighted by atomic mass is 15.1. The topological polar surface area (TPSA) is 28.2 Å². The molecule has 0 bridgehead atoms. The zero-order valence-corrected chi connectivity index (χ0v) is 9.25. The summed E-state index contributed by atoms with van der Waals surface area (Å²) in [7, 11) is 1.97. The van der Waals surface area contributed by atoms with Gasteiger partial charge < -0.3 is 10.2 Å². The Hall–Kier alpha value is -1.09. The molecular weight excluding hydrogens is 174 g/mol.